The molecular weight excluding hydrogens is 266 g/mol. The van der Waals surface area contributed by atoms with Gasteiger partial charge in [0.15, 0.2) is 0 Å². The summed E-state index contributed by atoms with van der Waals surface area (Å²) in [7, 11) is 0. The Labute approximate surface area is 125 Å². The van der Waals surface area contributed by atoms with Crippen molar-refractivity contribution in [3.8, 4) is 0 Å². The van der Waals surface area contributed by atoms with Crippen LogP contribution in [0.1, 0.15) is 53.2 Å². The second-order valence-electron chi connectivity index (χ2n) is 5.61. The molecule has 0 saturated heterocycles. The summed E-state index contributed by atoms with van der Waals surface area (Å²) in [5, 5.41) is 4.79. The summed E-state index contributed by atoms with van der Waals surface area (Å²) in [5.41, 5.74) is 3.06. The van der Waals surface area contributed by atoms with Gasteiger partial charge in [-0.15, -0.1) is 11.3 Å². The monoisotopic (exact) mass is 289 g/mol. The van der Waals surface area contributed by atoms with Gasteiger partial charge in [-0.2, -0.15) is 0 Å². The van der Waals surface area contributed by atoms with Crippen LogP contribution in [0.25, 0.3) is 0 Å². The Balaban J connectivity index is 1.82. The van der Waals surface area contributed by atoms with Crippen LogP contribution in [0.4, 0.5) is 0 Å². The number of thiazole rings is 1. The fourth-order valence-corrected chi connectivity index (χ4v) is 3.93. The van der Waals surface area contributed by atoms with Crippen LogP contribution < -0.4 is 5.32 Å². The summed E-state index contributed by atoms with van der Waals surface area (Å²) in [6, 6.07) is 0.543. The van der Waals surface area contributed by atoms with E-state index >= 15 is 0 Å². The standard InChI is InChI=1S/C16H23N3S/c1-3-17-16-7-5-4-6-13-9-19(11-15(13)16)10-14-8-18-12(2)20-14/h8-9,11,16-17H,3-7,10H2,1-2H3. The minimum Gasteiger partial charge on any atom is -0.348 e. The molecular formula is C16H23N3S. The van der Waals surface area contributed by atoms with Crippen LogP contribution in [0.15, 0.2) is 18.6 Å². The lowest BCUT2D eigenvalue weighted by Gasteiger charge is -2.15. The average Bonchev–Trinajstić information content (AvgIpc) is 2.96. The van der Waals surface area contributed by atoms with E-state index in [1.165, 1.54) is 41.7 Å². The van der Waals surface area contributed by atoms with Crippen molar-refractivity contribution in [2.24, 2.45) is 0 Å². The maximum Gasteiger partial charge on any atom is 0.0897 e. The zero-order valence-corrected chi connectivity index (χ0v) is 13.2. The number of aryl methyl sites for hydroxylation is 2. The topological polar surface area (TPSA) is 29.9 Å². The van der Waals surface area contributed by atoms with E-state index in [9.17, 15) is 0 Å². The summed E-state index contributed by atoms with van der Waals surface area (Å²) >= 11 is 1.80. The SMILES string of the molecule is CCNC1CCCCc2cn(Cc3cnc(C)s3)cc21. The highest BCUT2D eigenvalue weighted by Crippen LogP contribution is 2.30. The fourth-order valence-electron chi connectivity index (χ4n) is 3.12. The maximum absolute atomic E-state index is 4.35. The largest absolute Gasteiger partial charge is 0.348 e. The van der Waals surface area contributed by atoms with Gasteiger partial charge in [-0.3, -0.25) is 0 Å². The van der Waals surface area contributed by atoms with Gasteiger partial charge in [-0.05, 0) is 43.9 Å². The highest BCUT2D eigenvalue weighted by molar-refractivity contribution is 7.11. The molecule has 1 N–H and O–H groups in total. The number of fused-ring (bicyclic) bond motifs is 1. The molecule has 0 fully saturated rings. The fraction of sp³-hybridized carbons (Fsp3) is 0.562. The van der Waals surface area contributed by atoms with Gasteiger partial charge in [0.25, 0.3) is 0 Å². The summed E-state index contributed by atoms with van der Waals surface area (Å²) in [5.74, 6) is 0. The van der Waals surface area contributed by atoms with E-state index < -0.39 is 0 Å². The Bertz CT molecular complexity index is 570. The summed E-state index contributed by atoms with van der Waals surface area (Å²) < 4.78 is 2.34. The molecule has 1 atom stereocenters. The van der Waals surface area contributed by atoms with Crippen molar-refractivity contribution in [3.05, 3.63) is 39.6 Å². The Morgan fingerprint density at radius 3 is 3.05 bits per heavy atom. The third-order valence-electron chi connectivity index (χ3n) is 4.02. The second kappa shape index (κ2) is 6.10. The van der Waals surface area contributed by atoms with Gasteiger partial charge in [0.1, 0.15) is 0 Å². The van der Waals surface area contributed by atoms with E-state index in [0.29, 0.717) is 6.04 Å². The van der Waals surface area contributed by atoms with Crippen LogP contribution in [0.3, 0.4) is 0 Å². The first kappa shape index (κ1) is 13.8. The number of nitrogens with one attached hydrogen (secondary N) is 1. The summed E-state index contributed by atoms with van der Waals surface area (Å²) in [6.45, 7) is 6.27. The first-order valence-corrected chi connectivity index (χ1v) is 8.41. The van der Waals surface area contributed by atoms with Crippen LogP contribution in [0.2, 0.25) is 0 Å². The molecule has 3 nitrogen and oxygen atoms in total. The summed E-state index contributed by atoms with van der Waals surface area (Å²) in [6.07, 6.45) is 11.9. The number of rotatable bonds is 4. The Morgan fingerprint density at radius 2 is 2.30 bits per heavy atom. The Hall–Kier alpha value is -1.13. The molecule has 0 aliphatic heterocycles. The maximum atomic E-state index is 4.35. The first-order valence-electron chi connectivity index (χ1n) is 7.59. The van der Waals surface area contributed by atoms with Gasteiger partial charge >= 0.3 is 0 Å². The molecule has 4 heteroatoms. The number of nitrogens with zero attached hydrogens (tertiary/aromatic N) is 2. The average molecular weight is 289 g/mol. The third-order valence-corrected chi connectivity index (χ3v) is 4.92. The molecule has 0 bridgehead atoms. The van der Waals surface area contributed by atoms with E-state index in [-0.39, 0.29) is 0 Å². The molecule has 1 aliphatic rings. The Kier molecular flexibility index (Phi) is 4.22. The van der Waals surface area contributed by atoms with Crippen molar-refractivity contribution in [2.75, 3.05) is 6.54 Å². The molecule has 0 amide bonds. The third kappa shape index (κ3) is 2.96. The van der Waals surface area contributed by atoms with Crippen LogP contribution in [-0.4, -0.2) is 16.1 Å². The number of aromatic nitrogens is 2. The van der Waals surface area contributed by atoms with Crippen LogP contribution in [0.5, 0.6) is 0 Å². The minimum absolute atomic E-state index is 0.543. The van der Waals surface area contributed by atoms with Gasteiger partial charge in [0.05, 0.1) is 11.6 Å². The van der Waals surface area contributed by atoms with Gasteiger partial charge in [0.2, 0.25) is 0 Å². The zero-order valence-electron chi connectivity index (χ0n) is 12.4. The van der Waals surface area contributed by atoms with Gasteiger partial charge in [-0.25, -0.2) is 4.98 Å². The quantitative estimate of drug-likeness (QED) is 0.870. The number of hydrogen-bond acceptors (Lipinski definition) is 3. The van der Waals surface area contributed by atoms with Gasteiger partial charge < -0.3 is 9.88 Å². The molecule has 0 spiro atoms. The van der Waals surface area contributed by atoms with Crippen molar-refractivity contribution >= 4 is 11.3 Å². The lowest BCUT2D eigenvalue weighted by Crippen LogP contribution is -2.20. The zero-order chi connectivity index (χ0) is 13.9. The van der Waals surface area contributed by atoms with Crippen molar-refractivity contribution in [2.45, 2.75) is 52.1 Å². The second-order valence-corrected chi connectivity index (χ2v) is 6.93. The number of hydrogen-bond donors (Lipinski definition) is 1. The van der Waals surface area contributed by atoms with Crippen LogP contribution in [0, 0.1) is 6.92 Å². The molecule has 2 aromatic heterocycles. The first-order chi connectivity index (χ1) is 9.76. The van der Waals surface area contributed by atoms with Gasteiger partial charge in [0, 0.05) is 29.5 Å². The molecule has 108 valence electrons. The van der Waals surface area contributed by atoms with Crippen molar-refractivity contribution in [1.29, 1.82) is 0 Å². The molecule has 20 heavy (non-hydrogen) atoms. The smallest absolute Gasteiger partial charge is 0.0897 e. The normalized spacial score (nSPS) is 18.8. The van der Waals surface area contributed by atoms with Crippen LogP contribution >= 0.6 is 11.3 Å². The van der Waals surface area contributed by atoms with E-state index in [0.717, 1.165) is 18.1 Å². The molecule has 3 rings (SSSR count). The molecule has 1 aliphatic carbocycles. The van der Waals surface area contributed by atoms with Crippen molar-refractivity contribution in [1.82, 2.24) is 14.9 Å². The molecule has 2 heterocycles. The van der Waals surface area contributed by atoms with E-state index in [2.05, 4.69) is 41.1 Å². The molecule has 0 aromatic carbocycles. The highest BCUT2D eigenvalue weighted by Gasteiger charge is 2.19. The van der Waals surface area contributed by atoms with E-state index in [4.69, 9.17) is 0 Å². The van der Waals surface area contributed by atoms with Crippen LogP contribution in [-0.2, 0) is 13.0 Å². The lowest BCUT2D eigenvalue weighted by molar-refractivity contribution is 0.502. The van der Waals surface area contributed by atoms with Crippen molar-refractivity contribution < 1.29 is 0 Å². The molecule has 1 unspecified atom stereocenters. The van der Waals surface area contributed by atoms with Gasteiger partial charge in [-0.1, -0.05) is 13.3 Å². The van der Waals surface area contributed by atoms with Crippen molar-refractivity contribution in [3.63, 3.8) is 0 Å². The summed E-state index contributed by atoms with van der Waals surface area (Å²) in [4.78, 5) is 5.69. The molecule has 0 radical (unpaired) electrons. The Morgan fingerprint density at radius 1 is 1.40 bits per heavy atom. The highest BCUT2D eigenvalue weighted by atomic mass is 32.1. The van der Waals surface area contributed by atoms with E-state index in [1.807, 2.05) is 6.20 Å². The predicted molar refractivity (Wildman–Crippen MR) is 84.4 cm³/mol. The predicted octanol–water partition coefficient (Wildman–Crippen LogP) is 3.68. The minimum atomic E-state index is 0.543. The lowest BCUT2D eigenvalue weighted by atomic mass is 10.0. The van der Waals surface area contributed by atoms with E-state index in [1.54, 1.807) is 11.3 Å². The molecule has 0 saturated carbocycles. The molecule has 2 aromatic rings.